The van der Waals surface area contributed by atoms with Crippen molar-refractivity contribution in [1.29, 1.82) is 0 Å². The van der Waals surface area contributed by atoms with Crippen LogP contribution in [0.3, 0.4) is 0 Å². The highest BCUT2D eigenvalue weighted by Crippen LogP contribution is 2.35. The van der Waals surface area contributed by atoms with Crippen molar-refractivity contribution in [3.8, 4) is 0 Å². The molecule has 0 bridgehead atoms. The second kappa shape index (κ2) is 5.52. The van der Waals surface area contributed by atoms with Crippen LogP contribution >= 0.6 is 23.2 Å². The maximum atomic E-state index is 6.26. The molecule has 0 saturated carbocycles. The predicted octanol–water partition coefficient (Wildman–Crippen LogP) is 4.71. The van der Waals surface area contributed by atoms with Crippen molar-refractivity contribution in [2.45, 2.75) is 32.7 Å². The van der Waals surface area contributed by atoms with E-state index in [2.05, 4.69) is 24.1 Å². The summed E-state index contributed by atoms with van der Waals surface area (Å²) in [4.78, 5) is 3.43. The predicted molar refractivity (Wildman–Crippen MR) is 79.8 cm³/mol. The number of halogens is 2. The molecule has 1 unspecified atom stereocenters. The Labute approximate surface area is 118 Å². The van der Waals surface area contributed by atoms with Gasteiger partial charge in [-0.05, 0) is 37.6 Å². The van der Waals surface area contributed by atoms with E-state index in [9.17, 15) is 0 Å². The molecule has 1 aromatic carbocycles. The lowest BCUT2D eigenvalue weighted by molar-refractivity contribution is 0.575. The number of rotatable bonds is 4. The molecule has 18 heavy (non-hydrogen) atoms. The van der Waals surface area contributed by atoms with Crippen LogP contribution < -0.4 is 5.32 Å². The fourth-order valence-corrected chi connectivity index (χ4v) is 3.06. The fraction of sp³-hybridized carbons (Fsp3) is 0.429. The van der Waals surface area contributed by atoms with E-state index in [1.165, 1.54) is 11.3 Å². The maximum Gasteiger partial charge on any atom is 0.0662 e. The molecule has 0 saturated heterocycles. The third-order valence-electron chi connectivity index (χ3n) is 3.40. The fourth-order valence-electron chi connectivity index (χ4n) is 2.52. The first kappa shape index (κ1) is 13.7. The lowest BCUT2D eigenvalue weighted by Crippen LogP contribution is -2.16. The summed E-state index contributed by atoms with van der Waals surface area (Å²) in [5.41, 5.74) is 3.51. The number of aromatic amines is 1. The van der Waals surface area contributed by atoms with Gasteiger partial charge in [-0.3, -0.25) is 0 Å². The average molecular weight is 285 g/mol. The van der Waals surface area contributed by atoms with Crippen molar-refractivity contribution in [2.75, 3.05) is 7.05 Å². The number of hydrogen-bond donors (Lipinski definition) is 2. The van der Waals surface area contributed by atoms with Crippen LogP contribution in [-0.2, 0) is 6.42 Å². The van der Waals surface area contributed by atoms with E-state index in [1.54, 1.807) is 6.07 Å². The number of aryl methyl sites for hydroxylation is 1. The molecule has 0 amide bonds. The van der Waals surface area contributed by atoms with Crippen LogP contribution in [0.15, 0.2) is 12.1 Å². The van der Waals surface area contributed by atoms with Crippen LogP contribution in [0.4, 0.5) is 0 Å². The second-order valence-corrected chi connectivity index (χ2v) is 5.27. The van der Waals surface area contributed by atoms with Crippen molar-refractivity contribution in [3.63, 3.8) is 0 Å². The zero-order chi connectivity index (χ0) is 13.3. The summed E-state index contributed by atoms with van der Waals surface area (Å²) >= 11 is 12.4. The molecule has 2 N–H and O–H groups in total. The van der Waals surface area contributed by atoms with Crippen LogP contribution in [0.1, 0.15) is 37.6 Å². The van der Waals surface area contributed by atoms with Crippen LogP contribution in [0.2, 0.25) is 10.0 Å². The van der Waals surface area contributed by atoms with E-state index in [0.29, 0.717) is 16.1 Å². The standard InChI is InChI=1S/C14H18Cl2N2/c1-4-11(17-3)13-9-6-8(15)7-10(16)14(9)18-12(13)5-2/h6-7,11,17-18H,4-5H2,1-3H3. The van der Waals surface area contributed by atoms with Crippen molar-refractivity contribution in [1.82, 2.24) is 10.3 Å². The Bertz CT molecular complexity index is 556. The lowest BCUT2D eigenvalue weighted by Gasteiger charge is -2.15. The highest BCUT2D eigenvalue weighted by molar-refractivity contribution is 6.38. The summed E-state index contributed by atoms with van der Waals surface area (Å²) in [6.45, 7) is 4.32. The minimum absolute atomic E-state index is 0.322. The molecule has 4 heteroatoms. The number of fused-ring (bicyclic) bond motifs is 1. The van der Waals surface area contributed by atoms with Gasteiger partial charge in [-0.1, -0.05) is 37.0 Å². The normalized spacial score (nSPS) is 13.2. The van der Waals surface area contributed by atoms with E-state index >= 15 is 0 Å². The van der Waals surface area contributed by atoms with Crippen LogP contribution in [-0.4, -0.2) is 12.0 Å². The molecule has 0 aliphatic rings. The molecule has 2 rings (SSSR count). The third-order valence-corrected chi connectivity index (χ3v) is 3.92. The Morgan fingerprint density at radius 3 is 2.56 bits per heavy atom. The first-order valence-electron chi connectivity index (χ1n) is 6.29. The summed E-state index contributed by atoms with van der Waals surface area (Å²) in [5.74, 6) is 0. The quantitative estimate of drug-likeness (QED) is 0.836. The molecule has 0 radical (unpaired) electrons. The van der Waals surface area contributed by atoms with Crippen molar-refractivity contribution >= 4 is 34.1 Å². The summed E-state index contributed by atoms with van der Waals surface area (Å²) in [7, 11) is 1.98. The summed E-state index contributed by atoms with van der Waals surface area (Å²) in [6.07, 6.45) is 1.98. The van der Waals surface area contributed by atoms with Crippen LogP contribution in [0.25, 0.3) is 10.9 Å². The van der Waals surface area contributed by atoms with Gasteiger partial charge in [0.05, 0.1) is 10.5 Å². The molecule has 2 aromatic rings. The molecule has 1 heterocycles. The molecule has 0 aliphatic heterocycles. The Hall–Kier alpha value is -0.700. The highest BCUT2D eigenvalue weighted by atomic mass is 35.5. The Balaban J connectivity index is 2.75. The Morgan fingerprint density at radius 1 is 1.28 bits per heavy atom. The second-order valence-electron chi connectivity index (χ2n) is 4.43. The van der Waals surface area contributed by atoms with Gasteiger partial charge in [-0.15, -0.1) is 0 Å². The van der Waals surface area contributed by atoms with Crippen LogP contribution in [0, 0.1) is 0 Å². The van der Waals surface area contributed by atoms with E-state index in [0.717, 1.165) is 23.7 Å². The van der Waals surface area contributed by atoms with Gasteiger partial charge in [0, 0.05) is 22.1 Å². The van der Waals surface area contributed by atoms with Gasteiger partial charge in [-0.2, -0.15) is 0 Å². The van der Waals surface area contributed by atoms with Gasteiger partial charge >= 0.3 is 0 Å². The summed E-state index contributed by atoms with van der Waals surface area (Å²) < 4.78 is 0. The molecule has 2 nitrogen and oxygen atoms in total. The SMILES string of the molecule is CCc1[nH]c2c(Cl)cc(Cl)cc2c1C(CC)NC. The van der Waals surface area contributed by atoms with Gasteiger partial charge < -0.3 is 10.3 Å². The van der Waals surface area contributed by atoms with Gasteiger partial charge in [0.2, 0.25) is 0 Å². The summed E-state index contributed by atoms with van der Waals surface area (Å²) in [5, 5.41) is 5.85. The topological polar surface area (TPSA) is 27.8 Å². The smallest absolute Gasteiger partial charge is 0.0662 e. The first-order valence-corrected chi connectivity index (χ1v) is 7.04. The molecule has 1 atom stereocenters. The van der Waals surface area contributed by atoms with E-state index in [-0.39, 0.29) is 0 Å². The zero-order valence-electron chi connectivity index (χ0n) is 10.9. The number of benzene rings is 1. The molecule has 98 valence electrons. The van der Waals surface area contributed by atoms with E-state index in [4.69, 9.17) is 23.2 Å². The molecular weight excluding hydrogens is 267 g/mol. The molecule has 1 aromatic heterocycles. The summed E-state index contributed by atoms with van der Waals surface area (Å²) in [6, 6.07) is 4.10. The zero-order valence-corrected chi connectivity index (χ0v) is 12.4. The number of H-pyrrole nitrogens is 1. The maximum absolute atomic E-state index is 6.26. The van der Waals surface area contributed by atoms with Gasteiger partial charge in [0.1, 0.15) is 0 Å². The minimum Gasteiger partial charge on any atom is -0.357 e. The average Bonchev–Trinajstić information content (AvgIpc) is 2.70. The lowest BCUT2D eigenvalue weighted by atomic mass is 9.99. The Kier molecular flexibility index (Phi) is 4.21. The van der Waals surface area contributed by atoms with E-state index in [1.807, 2.05) is 13.1 Å². The number of aromatic nitrogens is 1. The van der Waals surface area contributed by atoms with Crippen LogP contribution in [0.5, 0.6) is 0 Å². The van der Waals surface area contributed by atoms with Gasteiger partial charge in [0.15, 0.2) is 0 Å². The number of hydrogen-bond acceptors (Lipinski definition) is 1. The minimum atomic E-state index is 0.322. The first-order chi connectivity index (χ1) is 8.62. The van der Waals surface area contributed by atoms with Crippen molar-refractivity contribution in [2.24, 2.45) is 0 Å². The highest BCUT2D eigenvalue weighted by Gasteiger charge is 2.19. The largest absolute Gasteiger partial charge is 0.357 e. The Morgan fingerprint density at radius 2 is 2.00 bits per heavy atom. The van der Waals surface area contributed by atoms with Gasteiger partial charge in [-0.25, -0.2) is 0 Å². The molecule has 0 fully saturated rings. The molecule has 0 aliphatic carbocycles. The van der Waals surface area contributed by atoms with E-state index < -0.39 is 0 Å². The monoisotopic (exact) mass is 284 g/mol. The molecular formula is C14H18Cl2N2. The third kappa shape index (κ3) is 2.25. The van der Waals surface area contributed by atoms with Crippen molar-refractivity contribution < 1.29 is 0 Å². The molecule has 0 spiro atoms. The van der Waals surface area contributed by atoms with Gasteiger partial charge in [0.25, 0.3) is 0 Å². The van der Waals surface area contributed by atoms with Crippen molar-refractivity contribution in [3.05, 3.63) is 33.4 Å². The number of nitrogens with one attached hydrogen (secondary N) is 2.